The van der Waals surface area contributed by atoms with Crippen molar-refractivity contribution < 1.29 is 24.1 Å². The molecule has 0 aliphatic carbocycles. The number of hydrogen-bond donors (Lipinski definition) is 0. The maximum Gasteiger partial charge on any atom is 0.416 e. The Morgan fingerprint density at radius 2 is 2.09 bits per heavy atom. The van der Waals surface area contributed by atoms with Crippen LogP contribution < -0.4 is 0 Å². The molecule has 1 aromatic rings. The van der Waals surface area contributed by atoms with E-state index in [0.717, 1.165) is 4.90 Å². The first kappa shape index (κ1) is 14.9. The number of nitrogens with zero attached hydrogens (tertiary/aromatic N) is 3. The Hall–Kier alpha value is -2.97. The van der Waals surface area contributed by atoms with E-state index in [0.29, 0.717) is 11.3 Å². The number of oxime groups is 1. The average molecular weight is 319 g/mol. The fourth-order valence-corrected chi connectivity index (χ4v) is 2.51. The van der Waals surface area contributed by atoms with E-state index in [2.05, 4.69) is 5.16 Å². The number of benzene rings is 1. The van der Waals surface area contributed by atoms with Gasteiger partial charge in [0.05, 0.1) is 23.1 Å². The summed E-state index contributed by atoms with van der Waals surface area (Å²) in [5.41, 5.74) is 1.10. The fourth-order valence-electron chi connectivity index (χ4n) is 2.51. The monoisotopic (exact) mass is 319 g/mol. The molecule has 3 rings (SSSR count). The van der Waals surface area contributed by atoms with Crippen molar-refractivity contribution in [2.75, 3.05) is 13.2 Å². The lowest BCUT2D eigenvalue weighted by molar-refractivity contribution is -0.384. The molecule has 9 heteroatoms. The number of hydrogen-bond acceptors (Lipinski definition) is 7. The quantitative estimate of drug-likeness (QED) is 0.613. The summed E-state index contributed by atoms with van der Waals surface area (Å²) in [5, 5.41) is 14.6. The van der Waals surface area contributed by atoms with E-state index < -0.39 is 28.9 Å². The Labute approximate surface area is 130 Å². The maximum absolute atomic E-state index is 12.3. The second-order valence-electron chi connectivity index (χ2n) is 5.20. The van der Waals surface area contributed by atoms with Gasteiger partial charge < -0.3 is 9.57 Å². The van der Waals surface area contributed by atoms with Crippen molar-refractivity contribution in [1.29, 1.82) is 0 Å². The fraction of sp³-hybridized carbons (Fsp3) is 0.357. The first-order valence-corrected chi connectivity index (χ1v) is 6.95. The van der Waals surface area contributed by atoms with Crippen molar-refractivity contribution >= 4 is 23.4 Å². The smallest absolute Gasteiger partial charge is 0.416 e. The third-order valence-corrected chi connectivity index (χ3v) is 3.79. The first-order valence-electron chi connectivity index (χ1n) is 6.95. The number of nitro benzene ring substituents is 1. The highest BCUT2D eigenvalue weighted by Gasteiger charge is 2.42. The molecule has 1 saturated heterocycles. The standard InChI is InChI=1S/C14H13N3O6/c1-8-11(9-2-4-10(5-3-9)17(20)21)15-23-12(8)13(18)16-6-7-22-14(16)19/h2-5,8,12H,6-7H2,1H3. The molecule has 2 aliphatic rings. The maximum atomic E-state index is 12.3. The van der Waals surface area contributed by atoms with Gasteiger partial charge in [0.15, 0.2) is 0 Å². The first-order chi connectivity index (χ1) is 11.0. The summed E-state index contributed by atoms with van der Waals surface area (Å²) < 4.78 is 4.74. The van der Waals surface area contributed by atoms with Crippen LogP contribution >= 0.6 is 0 Å². The molecule has 0 radical (unpaired) electrons. The molecule has 0 aromatic heterocycles. The van der Waals surface area contributed by atoms with Gasteiger partial charge in [0, 0.05) is 17.7 Å². The summed E-state index contributed by atoms with van der Waals surface area (Å²) in [6.45, 7) is 2.11. The molecule has 2 heterocycles. The summed E-state index contributed by atoms with van der Waals surface area (Å²) in [6, 6.07) is 5.82. The molecule has 1 fully saturated rings. The van der Waals surface area contributed by atoms with Crippen LogP contribution in [0.25, 0.3) is 0 Å². The van der Waals surface area contributed by atoms with Gasteiger partial charge in [0.1, 0.15) is 6.61 Å². The minimum absolute atomic E-state index is 0.0339. The van der Waals surface area contributed by atoms with Gasteiger partial charge in [-0.2, -0.15) is 0 Å². The summed E-state index contributed by atoms with van der Waals surface area (Å²) in [7, 11) is 0. The van der Waals surface area contributed by atoms with Crippen molar-refractivity contribution in [3.63, 3.8) is 0 Å². The topological polar surface area (TPSA) is 111 Å². The minimum Gasteiger partial charge on any atom is -0.447 e. The molecule has 9 nitrogen and oxygen atoms in total. The number of rotatable bonds is 3. The van der Waals surface area contributed by atoms with Gasteiger partial charge in [-0.25, -0.2) is 9.69 Å². The Kier molecular flexibility index (Phi) is 3.68. The predicted molar refractivity (Wildman–Crippen MR) is 76.7 cm³/mol. The van der Waals surface area contributed by atoms with E-state index >= 15 is 0 Å². The van der Waals surface area contributed by atoms with Gasteiger partial charge in [-0.15, -0.1) is 0 Å². The molecular formula is C14H13N3O6. The normalized spacial score (nSPS) is 23.3. The van der Waals surface area contributed by atoms with Crippen molar-refractivity contribution in [2.24, 2.45) is 11.1 Å². The molecule has 23 heavy (non-hydrogen) atoms. The van der Waals surface area contributed by atoms with Crippen LogP contribution in [0.2, 0.25) is 0 Å². The predicted octanol–water partition coefficient (Wildman–Crippen LogP) is 1.31. The third-order valence-electron chi connectivity index (χ3n) is 3.79. The lowest BCUT2D eigenvalue weighted by atomic mass is 9.93. The zero-order chi connectivity index (χ0) is 16.6. The molecule has 120 valence electrons. The Bertz CT molecular complexity index is 699. The van der Waals surface area contributed by atoms with E-state index in [4.69, 9.17) is 9.57 Å². The number of ether oxygens (including phenoxy) is 1. The van der Waals surface area contributed by atoms with Crippen LogP contribution in [0.1, 0.15) is 12.5 Å². The van der Waals surface area contributed by atoms with Crippen molar-refractivity contribution in [1.82, 2.24) is 4.90 Å². The highest BCUT2D eigenvalue weighted by molar-refractivity contribution is 6.07. The van der Waals surface area contributed by atoms with Gasteiger partial charge >= 0.3 is 6.09 Å². The van der Waals surface area contributed by atoms with Crippen molar-refractivity contribution in [3.05, 3.63) is 39.9 Å². The van der Waals surface area contributed by atoms with Gasteiger partial charge in [0.2, 0.25) is 6.10 Å². The average Bonchev–Trinajstić information content (AvgIpc) is 3.13. The summed E-state index contributed by atoms with van der Waals surface area (Å²) in [4.78, 5) is 40.1. The number of imide groups is 1. The summed E-state index contributed by atoms with van der Waals surface area (Å²) in [5.74, 6) is -0.891. The Morgan fingerprint density at radius 1 is 1.39 bits per heavy atom. The molecule has 2 atom stereocenters. The van der Waals surface area contributed by atoms with Crippen LogP contribution in [0.3, 0.4) is 0 Å². The highest BCUT2D eigenvalue weighted by Crippen LogP contribution is 2.26. The molecule has 0 N–H and O–H groups in total. The highest BCUT2D eigenvalue weighted by atomic mass is 16.7. The zero-order valence-corrected chi connectivity index (χ0v) is 12.2. The van der Waals surface area contributed by atoms with E-state index in [9.17, 15) is 19.7 Å². The van der Waals surface area contributed by atoms with Crippen LogP contribution in [0.15, 0.2) is 29.4 Å². The number of carbonyl (C=O) groups excluding carboxylic acids is 2. The van der Waals surface area contributed by atoms with Crippen LogP contribution in [0.4, 0.5) is 10.5 Å². The van der Waals surface area contributed by atoms with Crippen molar-refractivity contribution in [2.45, 2.75) is 13.0 Å². The second-order valence-corrected chi connectivity index (χ2v) is 5.20. The van der Waals surface area contributed by atoms with E-state index in [1.165, 1.54) is 12.1 Å². The number of non-ortho nitro benzene ring substituents is 1. The number of carbonyl (C=O) groups is 2. The third kappa shape index (κ3) is 2.60. The molecule has 0 saturated carbocycles. The summed E-state index contributed by atoms with van der Waals surface area (Å²) >= 11 is 0. The SMILES string of the molecule is CC1C(c2ccc([N+](=O)[O-])cc2)=NOC1C(=O)N1CCOC1=O. The van der Waals surface area contributed by atoms with Crippen LogP contribution in [0, 0.1) is 16.0 Å². The minimum atomic E-state index is -0.911. The Balaban J connectivity index is 1.75. The van der Waals surface area contributed by atoms with Crippen LogP contribution in [0.5, 0.6) is 0 Å². The van der Waals surface area contributed by atoms with E-state index in [-0.39, 0.29) is 18.8 Å². The number of nitro groups is 1. The lowest BCUT2D eigenvalue weighted by Gasteiger charge is -2.18. The molecule has 2 amide bonds. The molecule has 0 bridgehead atoms. The number of amides is 2. The molecule has 2 unspecified atom stereocenters. The van der Waals surface area contributed by atoms with Gasteiger partial charge in [-0.05, 0) is 12.1 Å². The molecule has 1 aromatic carbocycles. The van der Waals surface area contributed by atoms with Gasteiger partial charge in [-0.3, -0.25) is 14.9 Å². The lowest BCUT2D eigenvalue weighted by Crippen LogP contribution is -2.43. The zero-order valence-electron chi connectivity index (χ0n) is 12.2. The largest absolute Gasteiger partial charge is 0.447 e. The molecule has 2 aliphatic heterocycles. The van der Waals surface area contributed by atoms with E-state index in [1.54, 1.807) is 19.1 Å². The van der Waals surface area contributed by atoms with Gasteiger partial charge in [0.25, 0.3) is 11.6 Å². The number of cyclic esters (lactones) is 1. The molecular weight excluding hydrogens is 306 g/mol. The second kappa shape index (κ2) is 5.67. The van der Waals surface area contributed by atoms with Crippen molar-refractivity contribution in [3.8, 4) is 0 Å². The Morgan fingerprint density at radius 3 is 2.65 bits per heavy atom. The summed E-state index contributed by atoms with van der Waals surface area (Å²) in [6.07, 6.45) is -1.60. The van der Waals surface area contributed by atoms with Gasteiger partial charge in [-0.1, -0.05) is 12.1 Å². The van der Waals surface area contributed by atoms with Crippen LogP contribution in [-0.4, -0.2) is 46.8 Å². The van der Waals surface area contributed by atoms with E-state index in [1.807, 2.05) is 0 Å². The molecule has 0 spiro atoms. The van der Waals surface area contributed by atoms with Crippen LogP contribution in [-0.2, 0) is 14.4 Å².